The van der Waals surface area contributed by atoms with E-state index in [1.807, 2.05) is 0 Å². The molecule has 0 saturated carbocycles. The van der Waals surface area contributed by atoms with Gasteiger partial charge in [-0.3, -0.25) is 9.97 Å². The van der Waals surface area contributed by atoms with Crippen molar-refractivity contribution in [3.63, 3.8) is 0 Å². The van der Waals surface area contributed by atoms with Gasteiger partial charge in [-0.25, -0.2) is 0 Å². The van der Waals surface area contributed by atoms with Crippen LogP contribution < -0.4 is 0 Å². The molecular formula is C50H30N4. The Bertz CT molecular complexity index is 2990. The average molecular weight is 687 g/mol. The Balaban J connectivity index is 1.04. The third-order valence-corrected chi connectivity index (χ3v) is 11.4. The topological polar surface area (TPSA) is 35.6 Å². The summed E-state index contributed by atoms with van der Waals surface area (Å²) in [7, 11) is 0. The maximum Gasteiger partial charge on any atom is 0.0971 e. The standard InChI is InChI=1S/C50H30N4/c1-5-13-43-37(9-1)38-10-2-6-14-44(38)53(43)33-21-17-31(18-22-33)35-25-27-41-48-42(50-49(41)51-29-30-52-50)28-26-36(47(35)48)32-19-23-34(24-20-32)54-45-15-7-3-11-39(45)40-12-4-8-16-46(40)54/h1-30H. The van der Waals surface area contributed by atoms with Gasteiger partial charge < -0.3 is 9.13 Å². The van der Waals surface area contributed by atoms with Gasteiger partial charge in [-0.2, -0.15) is 0 Å². The van der Waals surface area contributed by atoms with Crippen LogP contribution in [0.4, 0.5) is 0 Å². The van der Waals surface area contributed by atoms with Crippen LogP contribution in [0, 0.1) is 0 Å². The van der Waals surface area contributed by atoms with Crippen LogP contribution in [0.5, 0.6) is 0 Å². The van der Waals surface area contributed by atoms with E-state index in [4.69, 9.17) is 9.97 Å². The maximum atomic E-state index is 4.82. The molecule has 0 N–H and O–H groups in total. The minimum absolute atomic E-state index is 0.949. The molecule has 0 atom stereocenters. The molecule has 3 heterocycles. The smallest absolute Gasteiger partial charge is 0.0971 e. The third kappa shape index (κ3) is 4.02. The van der Waals surface area contributed by atoms with Gasteiger partial charge in [-0.1, -0.05) is 121 Å². The normalized spacial score (nSPS) is 12.1. The summed E-state index contributed by atoms with van der Waals surface area (Å²) in [4.78, 5) is 9.63. The molecule has 4 heteroatoms. The Kier molecular flexibility index (Phi) is 6.02. The van der Waals surface area contributed by atoms with Gasteiger partial charge in [0.05, 0.1) is 33.5 Å². The van der Waals surface area contributed by atoms with Gasteiger partial charge in [0.15, 0.2) is 0 Å². The van der Waals surface area contributed by atoms with E-state index in [-0.39, 0.29) is 0 Å². The van der Waals surface area contributed by atoms with E-state index in [1.54, 1.807) is 12.4 Å². The molecule has 1 aliphatic carbocycles. The van der Waals surface area contributed by atoms with E-state index in [2.05, 4.69) is 179 Å². The fraction of sp³-hybridized carbons (Fsp3) is 0. The highest BCUT2D eigenvalue weighted by molar-refractivity contribution is 6.21. The van der Waals surface area contributed by atoms with Crippen molar-refractivity contribution in [2.45, 2.75) is 0 Å². The minimum atomic E-state index is 0.949. The Morgan fingerprint density at radius 3 is 0.981 bits per heavy atom. The number of nitrogens with zero attached hydrogens (tertiary/aromatic N) is 4. The average Bonchev–Trinajstić information content (AvgIpc) is 3.88. The number of fused-ring (bicyclic) bond motifs is 9. The van der Waals surface area contributed by atoms with Crippen molar-refractivity contribution in [1.82, 2.24) is 19.1 Å². The summed E-state index contributed by atoms with van der Waals surface area (Å²) in [5, 5.41) is 7.49. The van der Waals surface area contributed by atoms with Crippen LogP contribution >= 0.6 is 0 Å². The van der Waals surface area contributed by atoms with Gasteiger partial charge in [-0.05, 0) is 76.2 Å². The van der Waals surface area contributed by atoms with Crippen molar-refractivity contribution in [2.75, 3.05) is 0 Å². The summed E-state index contributed by atoms with van der Waals surface area (Å²) >= 11 is 0. The Labute approximate surface area is 310 Å². The van der Waals surface area contributed by atoms with Crippen LogP contribution in [-0.2, 0) is 0 Å². The molecule has 0 amide bonds. The van der Waals surface area contributed by atoms with Crippen molar-refractivity contribution in [3.05, 3.63) is 182 Å². The number of para-hydroxylation sites is 4. The van der Waals surface area contributed by atoms with E-state index >= 15 is 0 Å². The first-order valence-corrected chi connectivity index (χ1v) is 18.4. The summed E-state index contributed by atoms with van der Waals surface area (Å²) in [6.45, 7) is 0. The minimum Gasteiger partial charge on any atom is -0.309 e. The zero-order chi connectivity index (χ0) is 35.3. The first kappa shape index (κ1) is 29.3. The van der Waals surface area contributed by atoms with E-state index < -0.39 is 0 Å². The highest BCUT2D eigenvalue weighted by atomic mass is 15.0. The summed E-state index contributed by atoms with van der Waals surface area (Å²) in [5.41, 5.74) is 16.0. The SMILES string of the molecule is c1ccc2c(c1)c1ccccc1n2-c1ccc(-c2ccc3c4c(ccc(-c5ccc(-n6c7ccccc7c7ccccc76)cc5)c24)-c2nccnc2-3)cc1. The molecule has 0 radical (unpaired) electrons. The summed E-state index contributed by atoms with van der Waals surface area (Å²) in [6, 6.07) is 61.8. The largest absolute Gasteiger partial charge is 0.309 e. The van der Waals surface area contributed by atoms with E-state index in [0.29, 0.717) is 0 Å². The lowest BCUT2D eigenvalue weighted by Crippen LogP contribution is -1.95. The third-order valence-electron chi connectivity index (χ3n) is 11.4. The van der Waals surface area contributed by atoms with E-state index in [1.165, 1.54) is 76.6 Å². The van der Waals surface area contributed by atoms with Crippen molar-refractivity contribution >= 4 is 54.4 Å². The Morgan fingerprint density at radius 2 is 0.611 bits per heavy atom. The van der Waals surface area contributed by atoms with Gasteiger partial charge >= 0.3 is 0 Å². The summed E-state index contributed by atoms with van der Waals surface area (Å²) in [5.74, 6) is 0. The predicted octanol–water partition coefficient (Wildman–Crippen LogP) is 12.8. The van der Waals surface area contributed by atoms with E-state index in [0.717, 1.165) is 33.9 Å². The molecule has 12 rings (SSSR count). The molecule has 0 fully saturated rings. The monoisotopic (exact) mass is 686 g/mol. The molecule has 1 aliphatic rings. The van der Waals surface area contributed by atoms with E-state index in [9.17, 15) is 0 Å². The zero-order valence-electron chi connectivity index (χ0n) is 29.1. The molecule has 0 saturated heterocycles. The van der Waals surface area contributed by atoms with Gasteiger partial charge in [0.2, 0.25) is 0 Å². The first-order chi connectivity index (χ1) is 26.8. The van der Waals surface area contributed by atoms with Crippen molar-refractivity contribution in [3.8, 4) is 56.1 Å². The Morgan fingerprint density at radius 1 is 0.296 bits per heavy atom. The van der Waals surface area contributed by atoms with Crippen LogP contribution in [0.15, 0.2) is 182 Å². The highest BCUT2D eigenvalue weighted by Gasteiger charge is 2.27. The lowest BCUT2D eigenvalue weighted by molar-refractivity contribution is 1.18. The maximum absolute atomic E-state index is 4.82. The molecule has 0 bridgehead atoms. The fourth-order valence-electron chi connectivity index (χ4n) is 9.09. The van der Waals surface area contributed by atoms with Crippen molar-refractivity contribution in [2.24, 2.45) is 0 Å². The molecule has 4 nitrogen and oxygen atoms in total. The van der Waals surface area contributed by atoms with Crippen LogP contribution in [0.3, 0.4) is 0 Å². The molecule has 250 valence electrons. The molecule has 0 unspecified atom stereocenters. The molecule has 0 aliphatic heterocycles. The lowest BCUT2D eigenvalue weighted by atomic mass is 9.88. The highest BCUT2D eigenvalue weighted by Crippen LogP contribution is 2.50. The summed E-state index contributed by atoms with van der Waals surface area (Å²) < 4.78 is 4.75. The van der Waals surface area contributed by atoms with Gasteiger partial charge in [-0.15, -0.1) is 0 Å². The summed E-state index contributed by atoms with van der Waals surface area (Å²) in [6.07, 6.45) is 3.60. The second kappa shape index (κ2) is 11.1. The quantitative estimate of drug-likeness (QED) is 0.185. The van der Waals surface area contributed by atoms with Crippen LogP contribution in [0.2, 0.25) is 0 Å². The number of hydrogen-bond donors (Lipinski definition) is 0. The molecule has 8 aromatic carbocycles. The molecule has 3 aromatic heterocycles. The molecule has 11 aromatic rings. The van der Waals surface area contributed by atoms with Crippen molar-refractivity contribution in [1.29, 1.82) is 0 Å². The Hall–Kier alpha value is -7.30. The second-order valence-corrected chi connectivity index (χ2v) is 14.2. The molecular weight excluding hydrogens is 657 g/mol. The zero-order valence-corrected chi connectivity index (χ0v) is 29.1. The predicted molar refractivity (Wildman–Crippen MR) is 224 cm³/mol. The van der Waals surface area contributed by atoms with Crippen LogP contribution in [0.25, 0.3) is 111 Å². The number of benzene rings is 8. The van der Waals surface area contributed by atoms with Gasteiger partial charge in [0.1, 0.15) is 0 Å². The molecule has 54 heavy (non-hydrogen) atoms. The van der Waals surface area contributed by atoms with Gasteiger partial charge in [0.25, 0.3) is 0 Å². The van der Waals surface area contributed by atoms with Crippen LogP contribution in [-0.4, -0.2) is 19.1 Å². The second-order valence-electron chi connectivity index (χ2n) is 14.2. The van der Waals surface area contributed by atoms with Crippen molar-refractivity contribution < 1.29 is 0 Å². The lowest BCUT2D eigenvalue weighted by Gasteiger charge is -2.16. The first-order valence-electron chi connectivity index (χ1n) is 18.4. The van der Waals surface area contributed by atoms with Crippen LogP contribution in [0.1, 0.15) is 0 Å². The fourth-order valence-corrected chi connectivity index (χ4v) is 9.09. The molecule has 0 spiro atoms. The number of rotatable bonds is 4. The van der Waals surface area contributed by atoms with Gasteiger partial charge in [0, 0.05) is 61.8 Å². The number of aromatic nitrogens is 4. The number of hydrogen-bond acceptors (Lipinski definition) is 2.